The maximum atomic E-state index is 14.2. The summed E-state index contributed by atoms with van der Waals surface area (Å²) in [7, 11) is 0. The molecule has 1 atom stereocenters. The van der Waals surface area contributed by atoms with E-state index in [9.17, 15) is 4.39 Å². The highest BCUT2D eigenvalue weighted by Crippen LogP contribution is 2.47. The summed E-state index contributed by atoms with van der Waals surface area (Å²) in [4.78, 5) is 2.39. The van der Waals surface area contributed by atoms with Crippen molar-refractivity contribution in [3.63, 3.8) is 0 Å². The van der Waals surface area contributed by atoms with Crippen LogP contribution in [-0.2, 0) is 16.8 Å². The molecule has 2 aliphatic heterocycles. The lowest BCUT2D eigenvalue weighted by molar-refractivity contribution is -0.0105. The van der Waals surface area contributed by atoms with Crippen LogP contribution in [0.3, 0.4) is 0 Å². The van der Waals surface area contributed by atoms with E-state index in [-0.39, 0.29) is 17.5 Å². The molecule has 3 heteroatoms. The molecule has 0 radical (unpaired) electrons. The Kier molecular flexibility index (Phi) is 2.91. The van der Waals surface area contributed by atoms with Gasteiger partial charge < -0.3 is 4.74 Å². The lowest BCUT2D eigenvalue weighted by Crippen LogP contribution is -2.41. The monoisotopic (exact) mass is 249 g/mol. The third-order valence-electron chi connectivity index (χ3n) is 4.21. The van der Waals surface area contributed by atoms with E-state index in [4.69, 9.17) is 4.74 Å². The summed E-state index contributed by atoms with van der Waals surface area (Å²) in [5.41, 5.74) is 1.83. The van der Waals surface area contributed by atoms with Crippen LogP contribution >= 0.6 is 0 Å². The highest BCUT2D eigenvalue weighted by Gasteiger charge is 2.49. The SMILES string of the molecule is CC(C)OCC12CCCN1Cc1cccc(F)c12. The van der Waals surface area contributed by atoms with Gasteiger partial charge in [-0.3, -0.25) is 4.90 Å². The molecule has 98 valence electrons. The Morgan fingerprint density at radius 3 is 3.06 bits per heavy atom. The molecule has 0 amide bonds. The van der Waals surface area contributed by atoms with Crippen molar-refractivity contribution in [2.24, 2.45) is 0 Å². The van der Waals surface area contributed by atoms with Gasteiger partial charge in [-0.25, -0.2) is 4.39 Å². The summed E-state index contributed by atoms with van der Waals surface area (Å²) in [5.74, 6) is -0.0655. The minimum Gasteiger partial charge on any atom is -0.377 e. The zero-order chi connectivity index (χ0) is 12.8. The number of hydrogen-bond acceptors (Lipinski definition) is 2. The molecule has 1 aromatic carbocycles. The lowest BCUT2D eigenvalue weighted by atomic mass is 9.88. The number of fused-ring (bicyclic) bond motifs is 3. The van der Waals surface area contributed by atoms with Crippen LogP contribution in [-0.4, -0.2) is 24.2 Å². The molecule has 2 nitrogen and oxygen atoms in total. The predicted octanol–water partition coefficient (Wildman–Crippen LogP) is 3.06. The van der Waals surface area contributed by atoms with Crippen LogP contribution in [0.4, 0.5) is 4.39 Å². The second-order valence-corrected chi connectivity index (χ2v) is 5.69. The van der Waals surface area contributed by atoms with Gasteiger partial charge in [0, 0.05) is 12.1 Å². The van der Waals surface area contributed by atoms with Gasteiger partial charge in [-0.05, 0) is 44.9 Å². The van der Waals surface area contributed by atoms with Gasteiger partial charge in [0.25, 0.3) is 0 Å². The average molecular weight is 249 g/mol. The van der Waals surface area contributed by atoms with E-state index in [1.165, 1.54) is 0 Å². The molecule has 0 aromatic heterocycles. The van der Waals surface area contributed by atoms with Crippen LogP contribution in [0, 0.1) is 5.82 Å². The predicted molar refractivity (Wildman–Crippen MR) is 68.8 cm³/mol. The Morgan fingerprint density at radius 1 is 1.44 bits per heavy atom. The van der Waals surface area contributed by atoms with Crippen LogP contribution in [0.1, 0.15) is 37.8 Å². The summed E-state index contributed by atoms with van der Waals surface area (Å²) in [5, 5.41) is 0. The largest absolute Gasteiger partial charge is 0.377 e. The fourth-order valence-electron chi connectivity index (χ4n) is 3.42. The van der Waals surface area contributed by atoms with Gasteiger partial charge in [0.1, 0.15) is 5.82 Å². The van der Waals surface area contributed by atoms with Gasteiger partial charge in [0.15, 0.2) is 0 Å². The van der Waals surface area contributed by atoms with Crippen LogP contribution in [0.5, 0.6) is 0 Å². The molecule has 0 bridgehead atoms. The van der Waals surface area contributed by atoms with Crippen molar-refractivity contribution in [3.8, 4) is 0 Å². The molecule has 2 aliphatic rings. The second kappa shape index (κ2) is 4.32. The number of nitrogens with zero attached hydrogens (tertiary/aromatic N) is 1. The van der Waals surface area contributed by atoms with Crippen molar-refractivity contribution in [3.05, 3.63) is 35.1 Å². The minimum absolute atomic E-state index is 0.0655. The highest BCUT2D eigenvalue weighted by molar-refractivity contribution is 5.40. The Morgan fingerprint density at radius 2 is 2.28 bits per heavy atom. The topological polar surface area (TPSA) is 12.5 Å². The van der Waals surface area contributed by atoms with Crippen LogP contribution < -0.4 is 0 Å². The smallest absolute Gasteiger partial charge is 0.128 e. The third kappa shape index (κ3) is 1.69. The minimum atomic E-state index is -0.203. The third-order valence-corrected chi connectivity index (χ3v) is 4.21. The molecule has 1 unspecified atom stereocenters. The highest BCUT2D eigenvalue weighted by atomic mass is 19.1. The first-order chi connectivity index (χ1) is 8.63. The van der Waals surface area contributed by atoms with Crippen molar-refractivity contribution in [2.45, 2.75) is 44.9 Å². The normalized spacial score (nSPS) is 26.7. The second-order valence-electron chi connectivity index (χ2n) is 5.69. The van der Waals surface area contributed by atoms with E-state index >= 15 is 0 Å². The van der Waals surface area contributed by atoms with Gasteiger partial charge in [-0.2, -0.15) is 0 Å². The number of hydrogen-bond donors (Lipinski definition) is 0. The molecule has 18 heavy (non-hydrogen) atoms. The van der Waals surface area contributed by atoms with Crippen molar-refractivity contribution >= 4 is 0 Å². The summed E-state index contributed by atoms with van der Waals surface area (Å²) in [6.07, 6.45) is 2.33. The fraction of sp³-hybridized carbons (Fsp3) is 0.600. The summed E-state index contributed by atoms with van der Waals surface area (Å²) >= 11 is 0. The first-order valence-electron chi connectivity index (χ1n) is 6.78. The molecule has 3 rings (SSSR count). The summed E-state index contributed by atoms with van der Waals surface area (Å²) in [6.45, 7) is 6.60. The Balaban J connectivity index is 2.00. The standard InChI is InChI=1S/C15H20FNO/c1-11(2)18-10-15-7-4-8-17(15)9-12-5-3-6-13(16)14(12)15/h3,5-6,11H,4,7-10H2,1-2H3. The van der Waals surface area contributed by atoms with E-state index in [0.717, 1.165) is 37.1 Å². The van der Waals surface area contributed by atoms with Crippen LogP contribution in [0.15, 0.2) is 18.2 Å². The van der Waals surface area contributed by atoms with Crippen LogP contribution in [0.2, 0.25) is 0 Å². The number of benzene rings is 1. The maximum absolute atomic E-state index is 14.2. The first-order valence-corrected chi connectivity index (χ1v) is 6.78. The van der Waals surface area contributed by atoms with E-state index < -0.39 is 0 Å². The van der Waals surface area contributed by atoms with Crippen molar-refractivity contribution in [1.29, 1.82) is 0 Å². The molecule has 0 spiro atoms. The molecule has 1 aromatic rings. The molecule has 2 heterocycles. The quantitative estimate of drug-likeness (QED) is 0.816. The number of rotatable bonds is 3. The molecular weight excluding hydrogens is 229 g/mol. The van der Waals surface area contributed by atoms with Crippen molar-refractivity contribution in [1.82, 2.24) is 4.90 Å². The van der Waals surface area contributed by atoms with Gasteiger partial charge in [0.2, 0.25) is 0 Å². The van der Waals surface area contributed by atoms with Gasteiger partial charge >= 0.3 is 0 Å². The molecule has 0 aliphatic carbocycles. The first kappa shape index (κ1) is 12.1. The van der Waals surface area contributed by atoms with E-state index in [1.807, 2.05) is 26.0 Å². The zero-order valence-corrected chi connectivity index (χ0v) is 11.1. The van der Waals surface area contributed by atoms with Crippen molar-refractivity contribution < 1.29 is 9.13 Å². The van der Waals surface area contributed by atoms with Gasteiger partial charge in [-0.1, -0.05) is 12.1 Å². The Hall–Kier alpha value is -0.930. The van der Waals surface area contributed by atoms with Gasteiger partial charge in [0.05, 0.1) is 18.2 Å². The number of ether oxygens (including phenoxy) is 1. The van der Waals surface area contributed by atoms with Crippen LogP contribution in [0.25, 0.3) is 0 Å². The van der Waals surface area contributed by atoms with Gasteiger partial charge in [-0.15, -0.1) is 0 Å². The van der Waals surface area contributed by atoms with E-state index in [0.29, 0.717) is 6.61 Å². The molecule has 1 saturated heterocycles. The van der Waals surface area contributed by atoms with Crippen molar-refractivity contribution in [2.75, 3.05) is 13.2 Å². The van der Waals surface area contributed by atoms with E-state index in [2.05, 4.69) is 4.90 Å². The molecule has 0 saturated carbocycles. The fourth-order valence-corrected chi connectivity index (χ4v) is 3.42. The summed E-state index contributed by atoms with van der Waals surface area (Å²) in [6, 6.07) is 5.44. The molecule has 0 N–H and O–H groups in total. The lowest BCUT2D eigenvalue weighted by Gasteiger charge is -2.33. The summed E-state index contributed by atoms with van der Waals surface area (Å²) < 4.78 is 20.1. The Labute approximate surface area is 108 Å². The molecular formula is C15H20FNO. The average Bonchev–Trinajstić information content (AvgIpc) is 2.82. The Bertz CT molecular complexity index is 460. The van der Waals surface area contributed by atoms with E-state index in [1.54, 1.807) is 6.07 Å². The molecule has 1 fully saturated rings. The number of halogens is 1. The maximum Gasteiger partial charge on any atom is 0.128 e. The zero-order valence-electron chi connectivity index (χ0n) is 11.1.